The molecule has 3 heterocycles. The van der Waals surface area contributed by atoms with Crippen LogP contribution < -0.4 is 20.1 Å². The van der Waals surface area contributed by atoms with Crippen LogP contribution in [0.5, 0.6) is 5.88 Å². The van der Waals surface area contributed by atoms with Crippen LogP contribution in [0.4, 0.5) is 4.79 Å². The summed E-state index contributed by atoms with van der Waals surface area (Å²) < 4.78 is 40.1. The minimum atomic E-state index is -3.89. The third-order valence-electron chi connectivity index (χ3n) is 11.4. The van der Waals surface area contributed by atoms with E-state index in [9.17, 15) is 27.6 Å². The Morgan fingerprint density at radius 2 is 1.87 bits per heavy atom. The number of aromatic nitrogens is 1. The maximum atomic E-state index is 14.6. The summed E-state index contributed by atoms with van der Waals surface area (Å²) in [7, 11) is -3.89. The number of alkyl carbamates (subject to hydrolysis) is 1. The zero-order valence-corrected chi connectivity index (χ0v) is 31.3. The van der Waals surface area contributed by atoms with Gasteiger partial charge in [0.25, 0.3) is 5.91 Å². The fourth-order valence-electron chi connectivity index (χ4n) is 7.99. The van der Waals surface area contributed by atoms with Crippen LogP contribution in [0.1, 0.15) is 84.1 Å². The Morgan fingerprint density at radius 3 is 2.58 bits per heavy atom. The van der Waals surface area contributed by atoms with Gasteiger partial charge in [-0.15, -0.1) is 6.58 Å². The lowest BCUT2D eigenvalue weighted by atomic mass is 9.84. The number of fused-ring (bicyclic) bond motifs is 4. The number of rotatable bonds is 6. The van der Waals surface area contributed by atoms with E-state index in [1.165, 1.54) is 11.0 Å². The first kappa shape index (κ1) is 36.9. The summed E-state index contributed by atoms with van der Waals surface area (Å²) in [5.74, 6) is -2.01. The molecule has 4 fully saturated rings. The van der Waals surface area contributed by atoms with Crippen molar-refractivity contribution in [2.75, 3.05) is 6.54 Å². The van der Waals surface area contributed by atoms with Gasteiger partial charge in [-0.1, -0.05) is 57.6 Å². The second-order valence-electron chi connectivity index (χ2n) is 16.3. The molecular formula is C39H49N5O8S. The van der Waals surface area contributed by atoms with E-state index < -0.39 is 74.1 Å². The number of nitrogens with zero attached hydrogens (tertiary/aromatic N) is 2. The Hall–Kier alpha value is -4.46. The second-order valence-corrected chi connectivity index (χ2v) is 18.3. The van der Waals surface area contributed by atoms with E-state index in [1.807, 2.05) is 51.1 Å². The molecule has 1 saturated heterocycles. The van der Waals surface area contributed by atoms with Gasteiger partial charge in [-0.05, 0) is 79.4 Å². The van der Waals surface area contributed by atoms with Gasteiger partial charge in [-0.25, -0.2) is 18.2 Å². The number of ether oxygens (including phenoxy) is 2. The SMILES string of the molecule is C=C[C@@H]1CC1(NC(=O)[C@@H]1C[C@@H]2CN1C(=O)[C@H](C(C)(C)C)NC(=O)O[C@H]1CCCC[C@@H]1C/C=C/c1ccc3ccnc(c3c1)O2)C(=O)NS(=O)(=O)C1CC1. The standard InChI is InChI=1S/C39H49N5O8S/c1-5-26-21-39(26,36(47)43-53(49,50)28-15-16-28)42-33(45)30-20-27-22-44(30)35(46)32(38(2,3)4)41-37(48)52-31-12-7-6-10-25(31)11-8-9-23-13-14-24-17-18-40-34(51-27)29(24)19-23/h5,8-9,13-14,17-19,25-28,30-32H,1,6-7,10-12,15-16,20-22H2,2-4H3,(H,41,48)(H,42,45)(H,43,47)/b9-8+/t25-,26-,27-,30+,31+,32-,39?/m1/s1. The van der Waals surface area contributed by atoms with Gasteiger partial charge >= 0.3 is 6.09 Å². The first-order valence-corrected chi connectivity index (χ1v) is 20.2. The molecular weight excluding hydrogens is 699 g/mol. The van der Waals surface area contributed by atoms with Crippen molar-refractivity contribution in [3.8, 4) is 5.88 Å². The molecule has 3 saturated carbocycles. The quantitative estimate of drug-likeness (QED) is 0.363. The summed E-state index contributed by atoms with van der Waals surface area (Å²) in [5.41, 5.74) is -1.38. The van der Waals surface area contributed by atoms with E-state index in [4.69, 9.17) is 9.47 Å². The van der Waals surface area contributed by atoms with Crippen LogP contribution in [0, 0.1) is 17.3 Å². The molecule has 3 aliphatic carbocycles. The van der Waals surface area contributed by atoms with Gasteiger partial charge in [0.05, 0.1) is 11.8 Å². The molecule has 4 amide bonds. The van der Waals surface area contributed by atoms with Gasteiger partial charge in [-0.3, -0.25) is 19.1 Å². The first-order chi connectivity index (χ1) is 25.2. The topological polar surface area (TPSA) is 173 Å². The number of pyridine rings is 1. The molecule has 1 aromatic carbocycles. The van der Waals surface area contributed by atoms with Gasteiger partial charge in [0.1, 0.15) is 29.8 Å². The highest BCUT2D eigenvalue weighted by Crippen LogP contribution is 2.45. The summed E-state index contributed by atoms with van der Waals surface area (Å²) in [5, 5.41) is 6.72. The van der Waals surface area contributed by atoms with Crippen molar-refractivity contribution < 1.29 is 37.1 Å². The summed E-state index contributed by atoms with van der Waals surface area (Å²) >= 11 is 0. The van der Waals surface area contributed by atoms with Crippen molar-refractivity contribution in [1.29, 1.82) is 0 Å². The Labute approximate surface area is 310 Å². The van der Waals surface area contributed by atoms with Crippen LogP contribution in [0.15, 0.2) is 49.2 Å². The maximum Gasteiger partial charge on any atom is 0.408 e. The number of carbonyl (C=O) groups is 4. The molecule has 2 aromatic rings. The molecule has 7 rings (SSSR count). The van der Waals surface area contributed by atoms with Gasteiger partial charge in [0.15, 0.2) is 0 Å². The largest absolute Gasteiger partial charge is 0.472 e. The second kappa shape index (κ2) is 14.1. The molecule has 4 bridgehead atoms. The van der Waals surface area contributed by atoms with E-state index in [0.717, 1.165) is 48.4 Å². The van der Waals surface area contributed by atoms with E-state index >= 15 is 0 Å². The number of nitrogens with one attached hydrogen (secondary N) is 3. The lowest BCUT2D eigenvalue weighted by Crippen LogP contribution is -2.60. The van der Waals surface area contributed by atoms with Crippen LogP contribution in [0.3, 0.4) is 0 Å². The van der Waals surface area contributed by atoms with Crippen LogP contribution in [-0.2, 0) is 29.1 Å². The highest BCUT2D eigenvalue weighted by molar-refractivity contribution is 7.91. The molecule has 284 valence electrons. The van der Waals surface area contributed by atoms with Crippen LogP contribution in [-0.4, -0.2) is 83.7 Å². The maximum absolute atomic E-state index is 14.6. The molecule has 2 aliphatic heterocycles. The third kappa shape index (κ3) is 7.65. The van der Waals surface area contributed by atoms with Gasteiger partial charge in [-0.2, -0.15) is 0 Å². The predicted molar refractivity (Wildman–Crippen MR) is 198 cm³/mol. The monoisotopic (exact) mass is 747 g/mol. The number of amides is 4. The van der Waals surface area contributed by atoms with Crippen molar-refractivity contribution in [2.24, 2.45) is 17.3 Å². The average Bonchev–Trinajstić information content (AvgIpc) is 4.04. The van der Waals surface area contributed by atoms with E-state index in [1.54, 1.807) is 6.20 Å². The molecule has 13 nitrogen and oxygen atoms in total. The molecule has 1 unspecified atom stereocenters. The van der Waals surface area contributed by atoms with Crippen molar-refractivity contribution in [3.63, 3.8) is 0 Å². The summed E-state index contributed by atoms with van der Waals surface area (Å²) in [6, 6.07) is 5.70. The molecule has 0 spiro atoms. The molecule has 5 aliphatic rings. The number of hydrogen-bond acceptors (Lipinski definition) is 9. The highest BCUT2D eigenvalue weighted by atomic mass is 32.2. The molecule has 53 heavy (non-hydrogen) atoms. The van der Waals surface area contributed by atoms with E-state index in [2.05, 4.69) is 33.0 Å². The first-order valence-electron chi connectivity index (χ1n) is 18.7. The Bertz CT molecular complexity index is 1960. The van der Waals surface area contributed by atoms with Crippen LogP contribution in [0.25, 0.3) is 16.8 Å². The fraction of sp³-hybridized carbons (Fsp3) is 0.564. The molecule has 14 heteroatoms. The third-order valence-corrected chi connectivity index (χ3v) is 13.2. The molecule has 0 radical (unpaired) electrons. The van der Waals surface area contributed by atoms with Gasteiger partial charge in [0, 0.05) is 23.9 Å². The zero-order valence-electron chi connectivity index (χ0n) is 30.5. The van der Waals surface area contributed by atoms with E-state index in [0.29, 0.717) is 18.7 Å². The number of benzene rings is 1. The zero-order chi connectivity index (χ0) is 37.7. The number of carbonyl (C=O) groups excluding carboxylic acids is 4. The lowest BCUT2D eigenvalue weighted by Gasteiger charge is -2.36. The van der Waals surface area contributed by atoms with Crippen LogP contribution >= 0.6 is 0 Å². The molecule has 7 atom stereocenters. The minimum absolute atomic E-state index is 0.0112. The number of hydrogen-bond donors (Lipinski definition) is 3. The minimum Gasteiger partial charge on any atom is -0.472 e. The normalized spacial score (nSPS) is 31.2. The highest BCUT2D eigenvalue weighted by Gasteiger charge is 2.62. The summed E-state index contributed by atoms with van der Waals surface area (Å²) in [6.45, 7) is 9.25. The number of allylic oxidation sites excluding steroid dienone is 1. The van der Waals surface area contributed by atoms with Crippen molar-refractivity contribution in [1.82, 2.24) is 25.2 Å². The summed E-state index contributed by atoms with van der Waals surface area (Å²) in [6.07, 6.45) is 11.1. The Balaban J connectivity index is 1.23. The van der Waals surface area contributed by atoms with Gasteiger partial charge < -0.3 is 25.0 Å². The Kier molecular flexibility index (Phi) is 9.79. The average molecular weight is 748 g/mol. The smallest absolute Gasteiger partial charge is 0.408 e. The van der Waals surface area contributed by atoms with E-state index in [-0.39, 0.29) is 31.4 Å². The molecule has 1 aromatic heterocycles. The summed E-state index contributed by atoms with van der Waals surface area (Å²) in [4.78, 5) is 62.0. The lowest BCUT2D eigenvalue weighted by molar-refractivity contribution is -0.143. The molecule has 3 N–H and O–H groups in total. The van der Waals surface area contributed by atoms with Gasteiger partial charge in [0.2, 0.25) is 27.7 Å². The predicted octanol–water partition coefficient (Wildman–Crippen LogP) is 4.37. The van der Waals surface area contributed by atoms with Crippen molar-refractivity contribution in [2.45, 2.75) is 114 Å². The van der Waals surface area contributed by atoms with Crippen molar-refractivity contribution >= 4 is 50.7 Å². The number of sulfonamides is 1. The van der Waals surface area contributed by atoms with Crippen LogP contribution in [0.2, 0.25) is 0 Å². The Morgan fingerprint density at radius 1 is 1.09 bits per heavy atom. The van der Waals surface area contributed by atoms with Crippen molar-refractivity contribution in [3.05, 3.63) is 54.8 Å². The fourth-order valence-corrected chi connectivity index (χ4v) is 9.35.